The molecule has 2 aromatic carbocycles. The molecule has 0 radical (unpaired) electrons. The minimum absolute atomic E-state index is 0.129. The van der Waals surface area contributed by atoms with Gasteiger partial charge in [-0.25, -0.2) is 0 Å². The third-order valence-electron chi connectivity index (χ3n) is 4.19. The molecule has 3 rings (SSSR count). The Morgan fingerprint density at radius 2 is 2.00 bits per heavy atom. The predicted molar refractivity (Wildman–Crippen MR) is 113 cm³/mol. The maximum atomic E-state index is 10.6. The fraction of sp³-hybridized carbons (Fsp3) is 0.318. The average Bonchev–Trinajstić information content (AvgIpc) is 2.64. The highest BCUT2D eigenvalue weighted by atomic mass is 32.2. The molecule has 0 saturated heterocycles. The molecule has 0 amide bonds. The van der Waals surface area contributed by atoms with E-state index in [0.717, 1.165) is 23.1 Å². The van der Waals surface area contributed by atoms with Crippen molar-refractivity contribution < 1.29 is 14.6 Å². The maximum absolute atomic E-state index is 10.6. The van der Waals surface area contributed by atoms with Gasteiger partial charge in [-0.15, -0.1) is 11.8 Å². The number of nitrogens with one attached hydrogen (secondary N) is 1. The van der Waals surface area contributed by atoms with E-state index in [2.05, 4.69) is 55.6 Å². The minimum Gasteiger partial charge on any atom is -0.494 e. The highest BCUT2D eigenvalue weighted by molar-refractivity contribution is 8.03. The molecule has 4 nitrogen and oxygen atoms in total. The molecule has 2 N–H and O–H groups in total. The Morgan fingerprint density at radius 1 is 1.22 bits per heavy atom. The number of thioether (sulfide) groups is 1. The normalized spacial score (nSPS) is 13.9. The van der Waals surface area contributed by atoms with Crippen molar-refractivity contribution in [3.8, 4) is 5.75 Å². The van der Waals surface area contributed by atoms with Crippen molar-refractivity contribution in [2.45, 2.75) is 31.9 Å². The van der Waals surface area contributed by atoms with Crippen molar-refractivity contribution in [2.75, 3.05) is 13.2 Å². The Bertz CT molecular complexity index is 886. The van der Waals surface area contributed by atoms with Crippen molar-refractivity contribution in [1.29, 1.82) is 0 Å². The van der Waals surface area contributed by atoms with E-state index in [-0.39, 0.29) is 6.42 Å². The van der Waals surface area contributed by atoms with Gasteiger partial charge in [0.05, 0.1) is 11.6 Å². The van der Waals surface area contributed by atoms with Crippen LogP contribution >= 0.6 is 11.8 Å². The van der Waals surface area contributed by atoms with Gasteiger partial charge < -0.3 is 15.2 Å². The van der Waals surface area contributed by atoms with Gasteiger partial charge in [0.2, 0.25) is 0 Å². The summed E-state index contributed by atoms with van der Waals surface area (Å²) in [5, 5.41) is 16.2. The minimum atomic E-state index is -0.791. The van der Waals surface area contributed by atoms with Crippen LogP contribution in [0, 0.1) is 0 Å². The van der Waals surface area contributed by atoms with Crippen LogP contribution in [0.2, 0.25) is 0 Å². The van der Waals surface area contributed by atoms with Crippen molar-refractivity contribution >= 4 is 34.1 Å². The van der Waals surface area contributed by atoms with E-state index in [4.69, 9.17) is 9.84 Å². The van der Waals surface area contributed by atoms with Crippen LogP contribution in [-0.4, -0.2) is 29.5 Å². The number of hydrogen-bond donors (Lipinski definition) is 2. The summed E-state index contributed by atoms with van der Waals surface area (Å²) in [6, 6.07) is 12.5. The molecule has 0 fully saturated rings. The zero-order valence-electron chi connectivity index (χ0n) is 15.7. The van der Waals surface area contributed by atoms with Gasteiger partial charge in [0.15, 0.2) is 0 Å². The Hall–Kier alpha value is -2.40. The van der Waals surface area contributed by atoms with Crippen LogP contribution in [-0.2, 0) is 4.79 Å². The summed E-state index contributed by atoms with van der Waals surface area (Å²) in [6.07, 6.45) is 4.99. The topological polar surface area (TPSA) is 58.6 Å². The van der Waals surface area contributed by atoms with Crippen molar-refractivity contribution in [2.24, 2.45) is 0 Å². The molecule has 1 aliphatic heterocycles. The van der Waals surface area contributed by atoms with Crippen molar-refractivity contribution in [3.05, 3.63) is 59.1 Å². The van der Waals surface area contributed by atoms with Crippen molar-refractivity contribution in [3.63, 3.8) is 0 Å². The van der Waals surface area contributed by atoms with E-state index in [9.17, 15) is 4.79 Å². The third-order valence-corrected chi connectivity index (χ3v) is 5.26. The van der Waals surface area contributed by atoms with Gasteiger partial charge in [0.1, 0.15) is 5.75 Å². The smallest absolute Gasteiger partial charge is 0.303 e. The number of aliphatic carboxylic acids is 1. The Kier molecular flexibility index (Phi) is 6.45. The molecule has 142 valence electrons. The first-order valence-electron chi connectivity index (χ1n) is 9.23. The van der Waals surface area contributed by atoms with Crippen LogP contribution in [0.4, 0.5) is 0 Å². The number of fused-ring (bicyclic) bond motifs is 1. The first-order valence-corrected chi connectivity index (χ1v) is 10.1. The number of dihydropyridines is 1. The van der Waals surface area contributed by atoms with E-state index < -0.39 is 5.97 Å². The van der Waals surface area contributed by atoms with Gasteiger partial charge >= 0.3 is 5.97 Å². The second kappa shape index (κ2) is 9.00. The summed E-state index contributed by atoms with van der Waals surface area (Å²) in [7, 11) is 0. The van der Waals surface area contributed by atoms with Gasteiger partial charge in [-0.3, -0.25) is 4.79 Å². The second-order valence-electron chi connectivity index (χ2n) is 6.76. The molecule has 1 heterocycles. The first kappa shape index (κ1) is 19.4. The third kappa shape index (κ3) is 5.30. The summed E-state index contributed by atoms with van der Waals surface area (Å²) in [5.74, 6) is -0.0182. The van der Waals surface area contributed by atoms with Crippen LogP contribution in [0.5, 0.6) is 5.75 Å². The van der Waals surface area contributed by atoms with E-state index in [1.807, 2.05) is 23.9 Å². The van der Waals surface area contributed by atoms with Crippen LogP contribution in [0.15, 0.2) is 53.6 Å². The van der Waals surface area contributed by atoms with Crippen LogP contribution < -0.4 is 10.1 Å². The zero-order chi connectivity index (χ0) is 19.2. The first-order chi connectivity index (χ1) is 13.0. The Balaban J connectivity index is 1.79. The number of carbonyl (C=O) groups is 1. The molecule has 27 heavy (non-hydrogen) atoms. The quantitative estimate of drug-likeness (QED) is 0.625. The Morgan fingerprint density at radius 3 is 2.78 bits per heavy atom. The van der Waals surface area contributed by atoms with Gasteiger partial charge in [0, 0.05) is 23.8 Å². The van der Waals surface area contributed by atoms with Crippen molar-refractivity contribution in [1.82, 2.24) is 5.32 Å². The number of allylic oxidation sites excluding steroid dienone is 2. The van der Waals surface area contributed by atoms with Gasteiger partial charge in [-0.2, -0.15) is 0 Å². The molecule has 0 spiro atoms. The Labute approximate surface area is 164 Å². The molecular weight excluding hydrogens is 358 g/mol. The van der Waals surface area contributed by atoms with E-state index >= 15 is 0 Å². The SMILES string of the molecule is CC(C)SC1=C(c2ccc3cc(OCCCC(=O)O)ccc3c2)C=CCN1. The zero-order valence-corrected chi connectivity index (χ0v) is 16.5. The summed E-state index contributed by atoms with van der Waals surface area (Å²) in [4.78, 5) is 10.6. The molecule has 5 heteroatoms. The molecular formula is C22H25NO3S. The lowest BCUT2D eigenvalue weighted by molar-refractivity contribution is -0.137. The van der Waals surface area contributed by atoms with Gasteiger partial charge in [-0.1, -0.05) is 44.2 Å². The number of ether oxygens (including phenoxy) is 1. The average molecular weight is 384 g/mol. The standard InChI is InChI=1S/C22H25NO3S/c1-15(2)27-22-20(5-3-11-23-22)18-8-7-17-14-19(10-9-16(17)13-18)26-12-4-6-21(24)25/h3,5,7-10,13-15,23H,4,6,11-12H2,1-2H3,(H,24,25). The molecule has 0 aliphatic carbocycles. The number of carboxylic acid groups (broad SMARTS) is 1. The molecule has 0 saturated carbocycles. The summed E-state index contributed by atoms with van der Waals surface area (Å²) in [6.45, 7) is 5.69. The second-order valence-corrected chi connectivity index (χ2v) is 8.35. The fourth-order valence-electron chi connectivity index (χ4n) is 2.96. The number of carboxylic acids is 1. The molecule has 2 aromatic rings. The molecule has 1 aliphatic rings. The number of hydrogen-bond acceptors (Lipinski definition) is 4. The summed E-state index contributed by atoms with van der Waals surface area (Å²) >= 11 is 1.85. The number of benzene rings is 2. The molecule has 0 bridgehead atoms. The maximum Gasteiger partial charge on any atom is 0.303 e. The van der Waals surface area contributed by atoms with Crippen LogP contribution in [0.1, 0.15) is 32.3 Å². The highest BCUT2D eigenvalue weighted by Gasteiger charge is 2.13. The molecule has 0 unspecified atom stereocenters. The van der Waals surface area contributed by atoms with E-state index in [0.29, 0.717) is 18.3 Å². The monoisotopic (exact) mass is 383 g/mol. The lowest BCUT2D eigenvalue weighted by Crippen LogP contribution is -2.17. The van der Waals surface area contributed by atoms with Gasteiger partial charge in [0.25, 0.3) is 0 Å². The number of rotatable bonds is 8. The summed E-state index contributed by atoms with van der Waals surface area (Å²) in [5.41, 5.74) is 2.43. The van der Waals surface area contributed by atoms with Crippen LogP contribution in [0.25, 0.3) is 16.3 Å². The predicted octanol–water partition coefficient (Wildman–Crippen LogP) is 5.05. The van der Waals surface area contributed by atoms with E-state index in [1.165, 1.54) is 16.2 Å². The van der Waals surface area contributed by atoms with Crippen LogP contribution in [0.3, 0.4) is 0 Å². The lowest BCUT2D eigenvalue weighted by atomic mass is 10.0. The van der Waals surface area contributed by atoms with E-state index in [1.54, 1.807) is 0 Å². The fourth-order valence-corrected chi connectivity index (χ4v) is 3.91. The molecule has 0 aromatic heterocycles. The largest absolute Gasteiger partial charge is 0.494 e. The molecule has 0 atom stereocenters. The lowest BCUT2D eigenvalue weighted by Gasteiger charge is -2.19. The highest BCUT2D eigenvalue weighted by Crippen LogP contribution is 2.32. The summed E-state index contributed by atoms with van der Waals surface area (Å²) < 4.78 is 5.67. The van der Waals surface area contributed by atoms with Gasteiger partial charge in [-0.05, 0) is 41.0 Å².